The molecule has 0 amide bonds. The molecule has 2 N–H and O–H groups in total. The lowest BCUT2D eigenvalue weighted by Crippen LogP contribution is -2.47. The van der Waals surface area contributed by atoms with Gasteiger partial charge in [-0.05, 0) is 47.0 Å². The van der Waals surface area contributed by atoms with Crippen LogP contribution in [-0.2, 0) is 6.42 Å². The van der Waals surface area contributed by atoms with Gasteiger partial charge in [0.2, 0.25) is 0 Å². The predicted molar refractivity (Wildman–Crippen MR) is 99.5 cm³/mol. The molecule has 1 heterocycles. The number of unbranched alkanes of at least 4 members (excludes halogenated alkanes) is 1. The summed E-state index contributed by atoms with van der Waals surface area (Å²) in [5.74, 6) is 0.873. The molecule has 20 heavy (non-hydrogen) atoms. The van der Waals surface area contributed by atoms with Crippen molar-refractivity contribution in [3.8, 4) is 0 Å². The maximum absolute atomic E-state index is 4.47. The first-order chi connectivity index (χ1) is 8.90. The second kappa shape index (κ2) is 9.55. The van der Waals surface area contributed by atoms with Gasteiger partial charge >= 0.3 is 0 Å². The molecule has 0 unspecified atom stereocenters. The summed E-state index contributed by atoms with van der Waals surface area (Å²) >= 11 is 1.76. The van der Waals surface area contributed by atoms with E-state index < -0.39 is 0 Å². The van der Waals surface area contributed by atoms with Crippen LogP contribution in [0, 0.1) is 6.92 Å². The van der Waals surface area contributed by atoms with Gasteiger partial charge in [-0.1, -0.05) is 0 Å². The lowest BCUT2D eigenvalue weighted by Gasteiger charge is -2.23. The number of hydrogen-bond donors (Lipinski definition) is 2. The average Bonchev–Trinajstić information content (AvgIpc) is 2.71. The molecule has 0 radical (unpaired) electrons. The number of thiazole rings is 1. The van der Waals surface area contributed by atoms with Crippen LogP contribution in [0.3, 0.4) is 0 Å². The number of aromatic nitrogens is 1. The highest BCUT2D eigenvalue weighted by atomic mass is 127. The third-order valence-corrected chi connectivity index (χ3v) is 3.52. The summed E-state index contributed by atoms with van der Waals surface area (Å²) in [6, 6.07) is 0. The Morgan fingerprint density at radius 1 is 1.35 bits per heavy atom. The zero-order chi connectivity index (χ0) is 14.3. The van der Waals surface area contributed by atoms with Crippen LogP contribution < -0.4 is 10.6 Å². The summed E-state index contributed by atoms with van der Waals surface area (Å²) in [4.78, 5) is 8.69. The number of aryl methyl sites for hydroxylation is 2. The SMILES string of the molecule is CN=C(NCCCCc1nc(C)cs1)NC(C)(C)C.I. The quantitative estimate of drug-likeness (QED) is 0.339. The third-order valence-electron chi connectivity index (χ3n) is 2.49. The first kappa shape index (κ1) is 19.6. The van der Waals surface area contributed by atoms with E-state index in [2.05, 4.69) is 46.8 Å². The Morgan fingerprint density at radius 3 is 2.55 bits per heavy atom. The highest BCUT2D eigenvalue weighted by Gasteiger charge is 2.11. The van der Waals surface area contributed by atoms with Crippen molar-refractivity contribution in [3.63, 3.8) is 0 Å². The van der Waals surface area contributed by atoms with Crippen molar-refractivity contribution < 1.29 is 0 Å². The molecule has 6 heteroatoms. The summed E-state index contributed by atoms with van der Waals surface area (Å²) < 4.78 is 0. The highest BCUT2D eigenvalue weighted by Crippen LogP contribution is 2.11. The number of nitrogens with one attached hydrogen (secondary N) is 2. The molecule has 116 valence electrons. The van der Waals surface area contributed by atoms with E-state index in [9.17, 15) is 0 Å². The molecule has 1 rings (SSSR count). The number of aliphatic imine (C=N–C) groups is 1. The summed E-state index contributed by atoms with van der Waals surface area (Å²) in [7, 11) is 1.80. The normalized spacial score (nSPS) is 11.9. The van der Waals surface area contributed by atoms with Crippen LogP contribution >= 0.6 is 35.3 Å². The zero-order valence-corrected chi connectivity index (χ0v) is 16.3. The van der Waals surface area contributed by atoms with Gasteiger partial charge in [0.15, 0.2) is 5.96 Å². The topological polar surface area (TPSA) is 49.3 Å². The maximum atomic E-state index is 4.47. The van der Waals surface area contributed by atoms with Crippen molar-refractivity contribution >= 4 is 41.3 Å². The summed E-state index contributed by atoms with van der Waals surface area (Å²) in [6.45, 7) is 9.38. The molecule has 0 aromatic carbocycles. The van der Waals surface area contributed by atoms with Gasteiger partial charge in [-0.15, -0.1) is 35.3 Å². The van der Waals surface area contributed by atoms with E-state index in [-0.39, 0.29) is 29.5 Å². The van der Waals surface area contributed by atoms with Crippen LogP contribution in [0.15, 0.2) is 10.4 Å². The van der Waals surface area contributed by atoms with Crippen molar-refractivity contribution in [2.45, 2.75) is 52.5 Å². The molecular weight excluding hydrogens is 383 g/mol. The van der Waals surface area contributed by atoms with Gasteiger partial charge in [0.1, 0.15) is 0 Å². The van der Waals surface area contributed by atoms with Gasteiger partial charge in [0.25, 0.3) is 0 Å². The fourth-order valence-corrected chi connectivity index (χ4v) is 2.48. The second-order valence-electron chi connectivity index (χ2n) is 5.71. The average molecular weight is 410 g/mol. The van der Waals surface area contributed by atoms with E-state index in [1.165, 1.54) is 5.01 Å². The molecule has 1 aromatic rings. The van der Waals surface area contributed by atoms with Crippen molar-refractivity contribution in [1.82, 2.24) is 15.6 Å². The second-order valence-corrected chi connectivity index (χ2v) is 6.66. The van der Waals surface area contributed by atoms with Crippen LogP contribution in [-0.4, -0.2) is 30.1 Å². The van der Waals surface area contributed by atoms with Gasteiger partial charge in [-0.2, -0.15) is 0 Å². The molecule has 0 fully saturated rings. The molecule has 0 spiro atoms. The van der Waals surface area contributed by atoms with Gasteiger partial charge in [0, 0.05) is 30.2 Å². The molecule has 0 aliphatic heterocycles. The molecule has 0 saturated carbocycles. The Balaban J connectivity index is 0.00000361. The minimum Gasteiger partial charge on any atom is -0.356 e. The Hall–Kier alpha value is -0.370. The number of hydrogen-bond acceptors (Lipinski definition) is 3. The number of rotatable bonds is 5. The van der Waals surface area contributed by atoms with Crippen LogP contribution in [0.25, 0.3) is 0 Å². The Morgan fingerprint density at radius 2 is 2.05 bits per heavy atom. The van der Waals surface area contributed by atoms with Gasteiger partial charge in [-0.25, -0.2) is 4.98 Å². The monoisotopic (exact) mass is 410 g/mol. The van der Waals surface area contributed by atoms with Crippen molar-refractivity contribution in [2.24, 2.45) is 4.99 Å². The van der Waals surface area contributed by atoms with Gasteiger partial charge < -0.3 is 10.6 Å². The zero-order valence-electron chi connectivity index (χ0n) is 13.1. The molecule has 0 bridgehead atoms. The number of guanidine groups is 1. The van der Waals surface area contributed by atoms with Crippen LogP contribution in [0.5, 0.6) is 0 Å². The summed E-state index contributed by atoms with van der Waals surface area (Å²) in [5.41, 5.74) is 1.17. The minimum absolute atomic E-state index is 0. The fraction of sp³-hybridized carbons (Fsp3) is 0.714. The van der Waals surface area contributed by atoms with Gasteiger partial charge in [-0.3, -0.25) is 4.99 Å². The van der Waals surface area contributed by atoms with E-state index in [0.29, 0.717) is 0 Å². The minimum atomic E-state index is 0. The third kappa shape index (κ3) is 8.73. The largest absolute Gasteiger partial charge is 0.356 e. The number of nitrogens with zero attached hydrogens (tertiary/aromatic N) is 2. The number of halogens is 1. The molecule has 4 nitrogen and oxygen atoms in total. The van der Waals surface area contributed by atoms with Crippen molar-refractivity contribution in [2.75, 3.05) is 13.6 Å². The molecule has 0 atom stereocenters. The first-order valence-electron chi connectivity index (χ1n) is 6.80. The smallest absolute Gasteiger partial charge is 0.191 e. The summed E-state index contributed by atoms with van der Waals surface area (Å²) in [6.07, 6.45) is 3.36. The Kier molecular flexibility index (Phi) is 9.37. The van der Waals surface area contributed by atoms with Crippen LogP contribution in [0.4, 0.5) is 0 Å². The molecule has 0 aliphatic rings. The molecule has 0 saturated heterocycles. The standard InChI is InChI=1S/C14H26N4S.HI/c1-11-10-19-12(17-11)8-6-7-9-16-13(15-5)18-14(2,3)4;/h10H,6-9H2,1-5H3,(H2,15,16,18);1H. The van der Waals surface area contributed by atoms with E-state index in [1.807, 2.05) is 6.92 Å². The molecule has 0 aliphatic carbocycles. The maximum Gasteiger partial charge on any atom is 0.191 e. The summed E-state index contributed by atoms with van der Waals surface area (Å²) in [5, 5.41) is 10.0. The first-order valence-corrected chi connectivity index (χ1v) is 7.68. The van der Waals surface area contributed by atoms with Crippen LogP contribution in [0.2, 0.25) is 0 Å². The van der Waals surface area contributed by atoms with Crippen molar-refractivity contribution in [3.05, 3.63) is 16.1 Å². The molecular formula is C14H27IN4S. The van der Waals surface area contributed by atoms with Gasteiger partial charge in [0.05, 0.1) is 5.01 Å². The van der Waals surface area contributed by atoms with E-state index in [4.69, 9.17) is 0 Å². The van der Waals surface area contributed by atoms with E-state index in [1.54, 1.807) is 18.4 Å². The Labute approximate surface area is 143 Å². The fourth-order valence-electron chi connectivity index (χ4n) is 1.66. The molecule has 1 aromatic heterocycles. The predicted octanol–water partition coefficient (Wildman–Crippen LogP) is 3.36. The van der Waals surface area contributed by atoms with Crippen molar-refractivity contribution in [1.29, 1.82) is 0 Å². The highest BCUT2D eigenvalue weighted by molar-refractivity contribution is 14.0. The lowest BCUT2D eigenvalue weighted by atomic mass is 10.1. The van der Waals surface area contributed by atoms with Crippen LogP contribution in [0.1, 0.15) is 44.3 Å². The van der Waals surface area contributed by atoms with E-state index in [0.717, 1.165) is 37.5 Å². The lowest BCUT2D eigenvalue weighted by molar-refractivity contribution is 0.500. The van der Waals surface area contributed by atoms with E-state index >= 15 is 0 Å². The Bertz CT molecular complexity index is 410.